The molecule has 2 N–H and O–H groups in total. The van der Waals surface area contributed by atoms with Crippen molar-refractivity contribution in [3.05, 3.63) is 22.3 Å². The molecule has 2 aromatic heterocycles. The molecule has 1 fully saturated rings. The zero-order valence-electron chi connectivity index (χ0n) is 13.5. The molecule has 0 bridgehead atoms. The number of nitrogens with one attached hydrogen (secondary N) is 2. The maximum absolute atomic E-state index is 12.2. The Morgan fingerprint density at radius 2 is 2.04 bits per heavy atom. The monoisotopic (exact) mass is 401 g/mol. The first-order valence-electron chi connectivity index (χ1n) is 7.92. The van der Waals surface area contributed by atoms with E-state index >= 15 is 0 Å². The molecule has 3 rings (SSSR count). The van der Waals surface area contributed by atoms with Crippen molar-refractivity contribution < 1.29 is 9.59 Å². The Morgan fingerprint density at radius 1 is 1.32 bits per heavy atom. The van der Waals surface area contributed by atoms with Crippen LogP contribution >= 0.6 is 35.0 Å². The third-order valence-electron chi connectivity index (χ3n) is 3.97. The zero-order valence-corrected chi connectivity index (χ0v) is 15.8. The number of hydrogen-bond acceptors (Lipinski definition) is 5. The highest BCUT2D eigenvalue weighted by molar-refractivity contribution is 8.00. The van der Waals surface area contributed by atoms with Crippen molar-refractivity contribution in [1.29, 1.82) is 0 Å². The van der Waals surface area contributed by atoms with Crippen LogP contribution in [0.25, 0.3) is 5.65 Å². The van der Waals surface area contributed by atoms with Crippen molar-refractivity contribution in [2.45, 2.75) is 49.1 Å². The van der Waals surface area contributed by atoms with Crippen LogP contribution in [0, 0.1) is 0 Å². The number of hydrogen-bond donors (Lipinski definition) is 2. The summed E-state index contributed by atoms with van der Waals surface area (Å²) in [4.78, 5) is 24.1. The Kier molecular flexibility index (Phi) is 5.71. The maximum Gasteiger partial charge on any atom is 0.321 e. The molecule has 0 radical (unpaired) electrons. The Morgan fingerprint density at radius 3 is 2.76 bits per heavy atom. The minimum atomic E-state index is -0.542. The van der Waals surface area contributed by atoms with Gasteiger partial charge in [-0.2, -0.15) is 0 Å². The molecule has 1 saturated carbocycles. The second kappa shape index (κ2) is 7.80. The van der Waals surface area contributed by atoms with Crippen LogP contribution in [0.5, 0.6) is 0 Å². The summed E-state index contributed by atoms with van der Waals surface area (Å²) >= 11 is 13.2. The predicted octanol–water partition coefficient (Wildman–Crippen LogP) is 3.29. The Labute approximate surface area is 158 Å². The number of imide groups is 1. The molecule has 10 heteroatoms. The molecule has 7 nitrogen and oxygen atoms in total. The van der Waals surface area contributed by atoms with E-state index in [1.165, 1.54) is 11.8 Å². The van der Waals surface area contributed by atoms with Crippen molar-refractivity contribution in [3.63, 3.8) is 0 Å². The number of aromatic nitrogens is 3. The number of thioether (sulfide) groups is 1. The van der Waals surface area contributed by atoms with Gasteiger partial charge in [-0.05, 0) is 25.8 Å². The van der Waals surface area contributed by atoms with Gasteiger partial charge in [-0.1, -0.05) is 47.8 Å². The molecule has 0 saturated heterocycles. The lowest BCUT2D eigenvalue weighted by molar-refractivity contribution is -0.119. The minimum absolute atomic E-state index is 0.153. The Balaban J connectivity index is 1.62. The fourth-order valence-electron chi connectivity index (χ4n) is 2.70. The van der Waals surface area contributed by atoms with E-state index in [4.69, 9.17) is 23.2 Å². The van der Waals surface area contributed by atoms with Crippen molar-refractivity contribution in [2.24, 2.45) is 0 Å². The Bertz CT molecular complexity index is 807. The van der Waals surface area contributed by atoms with E-state index in [0.717, 1.165) is 25.7 Å². The van der Waals surface area contributed by atoms with E-state index in [2.05, 4.69) is 20.8 Å². The van der Waals surface area contributed by atoms with Crippen LogP contribution in [0.15, 0.2) is 17.4 Å². The average Bonchev–Trinajstić information content (AvgIpc) is 3.17. The van der Waals surface area contributed by atoms with Gasteiger partial charge < -0.3 is 5.32 Å². The van der Waals surface area contributed by atoms with Crippen molar-refractivity contribution in [2.75, 3.05) is 0 Å². The summed E-state index contributed by atoms with van der Waals surface area (Å²) in [7, 11) is 0. The SMILES string of the molecule is C[C@@H](Sc1nnc2c(Cl)cc(Cl)cn12)C(=O)NC(=O)NC1CCCC1. The number of carbonyl (C=O) groups is 2. The van der Waals surface area contributed by atoms with Gasteiger partial charge in [0.15, 0.2) is 10.8 Å². The molecule has 2 heterocycles. The molecule has 25 heavy (non-hydrogen) atoms. The lowest BCUT2D eigenvalue weighted by Gasteiger charge is -2.14. The van der Waals surface area contributed by atoms with E-state index in [-0.39, 0.29) is 6.04 Å². The second-order valence-electron chi connectivity index (χ2n) is 5.89. The maximum atomic E-state index is 12.2. The highest BCUT2D eigenvalue weighted by atomic mass is 35.5. The van der Waals surface area contributed by atoms with E-state index in [1.807, 2.05) is 0 Å². The van der Waals surface area contributed by atoms with Gasteiger partial charge in [0.05, 0.1) is 15.3 Å². The predicted molar refractivity (Wildman–Crippen MR) is 97.3 cm³/mol. The first-order chi connectivity index (χ1) is 11.9. The van der Waals surface area contributed by atoms with Gasteiger partial charge in [0.1, 0.15) is 0 Å². The molecule has 1 atom stereocenters. The fraction of sp³-hybridized carbons (Fsp3) is 0.467. The quantitative estimate of drug-likeness (QED) is 0.767. The normalized spacial score (nSPS) is 16.1. The molecule has 0 unspecified atom stereocenters. The highest BCUT2D eigenvalue weighted by Gasteiger charge is 2.22. The number of urea groups is 1. The Hall–Kier alpha value is -1.51. The lowest BCUT2D eigenvalue weighted by Crippen LogP contribution is -2.45. The van der Waals surface area contributed by atoms with Crippen LogP contribution in [0.2, 0.25) is 10.0 Å². The van der Waals surface area contributed by atoms with Crippen LogP contribution in [0.1, 0.15) is 32.6 Å². The molecule has 134 valence electrons. The summed E-state index contributed by atoms with van der Waals surface area (Å²) < 4.78 is 1.62. The van der Waals surface area contributed by atoms with Crippen LogP contribution < -0.4 is 10.6 Å². The number of halogens is 2. The van der Waals surface area contributed by atoms with E-state index in [9.17, 15) is 9.59 Å². The summed E-state index contributed by atoms with van der Waals surface area (Å²) in [6.45, 7) is 1.69. The molecular formula is C15H17Cl2N5O2S. The van der Waals surface area contributed by atoms with Crippen LogP contribution in [-0.4, -0.2) is 37.8 Å². The van der Waals surface area contributed by atoms with Crippen LogP contribution in [0.3, 0.4) is 0 Å². The molecule has 3 amide bonds. The zero-order chi connectivity index (χ0) is 18.0. The van der Waals surface area contributed by atoms with Crippen molar-refractivity contribution in [1.82, 2.24) is 25.2 Å². The molecule has 1 aliphatic rings. The largest absolute Gasteiger partial charge is 0.335 e. The van der Waals surface area contributed by atoms with Gasteiger partial charge in [-0.25, -0.2) is 4.79 Å². The first kappa shape index (κ1) is 18.3. The van der Waals surface area contributed by atoms with Gasteiger partial charge in [0.2, 0.25) is 5.91 Å². The third kappa shape index (κ3) is 4.37. The lowest BCUT2D eigenvalue weighted by atomic mass is 10.2. The molecule has 0 spiro atoms. The minimum Gasteiger partial charge on any atom is -0.335 e. The van der Waals surface area contributed by atoms with Gasteiger partial charge in [0, 0.05) is 12.2 Å². The van der Waals surface area contributed by atoms with Crippen LogP contribution in [-0.2, 0) is 4.79 Å². The third-order valence-corrected chi connectivity index (χ3v) is 5.52. The topological polar surface area (TPSA) is 88.4 Å². The van der Waals surface area contributed by atoms with E-state index < -0.39 is 17.2 Å². The standard InChI is InChI=1S/C15H17Cl2N5O2S/c1-8(13(23)19-14(24)18-10-4-2-3-5-10)25-15-21-20-12-11(17)6-9(16)7-22(12)15/h6-8,10H,2-5H2,1H3,(H2,18,19,23,24)/t8-/m1/s1. The summed E-state index contributed by atoms with van der Waals surface area (Å²) in [5.41, 5.74) is 0.458. The van der Waals surface area contributed by atoms with Gasteiger partial charge >= 0.3 is 6.03 Å². The molecule has 0 aliphatic heterocycles. The molecular weight excluding hydrogens is 385 g/mol. The summed E-state index contributed by atoms with van der Waals surface area (Å²) in [6.07, 6.45) is 5.76. The number of pyridine rings is 1. The highest BCUT2D eigenvalue weighted by Crippen LogP contribution is 2.27. The summed E-state index contributed by atoms with van der Waals surface area (Å²) in [5, 5.41) is 14.0. The van der Waals surface area contributed by atoms with E-state index in [0.29, 0.717) is 20.8 Å². The number of amides is 3. The summed E-state index contributed by atoms with van der Waals surface area (Å²) in [6, 6.07) is 1.27. The average molecular weight is 402 g/mol. The fourth-order valence-corrected chi connectivity index (χ4v) is 4.03. The first-order valence-corrected chi connectivity index (χ1v) is 9.55. The van der Waals surface area contributed by atoms with Crippen molar-refractivity contribution >= 4 is 52.5 Å². The second-order valence-corrected chi connectivity index (χ2v) is 8.04. The van der Waals surface area contributed by atoms with Crippen molar-refractivity contribution in [3.8, 4) is 0 Å². The molecule has 1 aliphatic carbocycles. The van der Waals surface area contributed by atoms with Crippen LogP contribution in [0.4, 0.5) is 4.79 Å². The number of fused-ring (bicyclic) bond motifs is 1. The van der Waals surface area contributed by atoms with Gasteiger partial charge in [-0.3, -0.25) is 14.5 Å². The number of nitrogens with zero attached hydrogens (tertiary/aromatic N) is 3. The van der Waals surface area contributed by atoms with Gasteiger partial charge in [0.25, 0.3) is 0 Å². The smallest absolute Gasteiger partial charge is 0.321 e. The summed E-state index contributed by atoms with van der Waals surface area (Å²) in [5.74, 6) is -0.398. The molecule has 0 aromatic carbocycles. The number of rotatable bonds is 4. The van der Waals surface area contributed by atoms with Gasteiger partial charge in [-0.15, -0.1) is 10.2 Å². The molecule has 2 aromatic rings. The van der Waals surface area contributed by atoms with E-state index in [1.54, 1.807) is 23.6 Å². The number of carbonyl (C=O) groups excluding carboxylic acids is 2.